The Kier molecular flexibility index (Phi) is 4.96. The van der Waals surface area contributed by atoms with E-state index in [0.29, 0.717) is 6.04 Å². The average molecular weight is 298 g/mol. The molecule has 1 saturated heterocycles. The van der Waals surface area contributed by atoms with Crippen molar-refractivity contribution in [3.8, 4) is 0 Å². The van der Waals surface area contributed by atoms with Gasteiger partial charge in [0.15, 0.2) is 0 Å². The monoisotopic (exact) mass is 298 g/mol. The van der Waals surface area contributed by atoms with Gasteiger partial charge in [0.2, 0.25) is 0 Å². The molecule has 2 aromatic rings. The molecule has 0 unspecified atom stereocenters. The number of hydrogen-bond donors (Lipinski definition) is 0. The number of hydrogen-bond acceptors (Lipinski definition) is 3. The molecule has 0 bridgehead atoms. The van der Waals surface area contributed by atoms with Gasteiger partial charge >= 0.3 is 0 Å². The lowest BCUT2D eigenvalue weighted by Crippen LogP contribution is -2.45. The molecule has 1 atom stereocenters. The van der Waals surface area contributed by atoms with Crippen molar-refractivity contribution in [1.29, 1.82) is 0 Å². The normalized spacial score (nSPS) is 19.7. The number of rotatable bonds is 5. The summed E-state index contributed by atoms with van der Waals surface area (Å²) in [7, 11) is 2.25. The van der Waals surface area contributed by atoms with Crippen LogP contribution in [0.25, 0.3) is 0 Å². The van der Waals surface area contributed by atoms with Gasteiger partial charge in [-0.25, -0.2) is 0 Å². The van der Waals surface area contributed by atoms with Gasteiger partial charge in [-0.05, 0) is 51.1 Å². The van der Waals surface area contributed by atoms with Gasteiger partial charge in [-0.2, -0.15) is 0 Å². The van der Waals surface area contributed by atoms with Crippen molar-refractivity contribution in [2.24, 2.45) is 0 Å². The molecule has 1 aromatic carbocycles. The predicted octanol–water partition coefficient (Wildman–Crippen LogP) is 3.68. The minimum absolute atomic E-state index is 0.630. The van der Waals surface area contributed by atoms with Gasteiger partial charge in [0, 0.05) is 19.1 Å². The van der Waals surface area contributed by atoms with E-state index >= 15 is 0 Å². The molecule has 1 aliphatic heterocycles. The number of likely N-dealkylation sites (tertiary alicyclic amines) is 1. The minimum atomic E-state index is 0.630. The minimum Gasteiger partial charge on any atom is -0.465 e. The average Bonchev–Trinajstić information content (AvgIpc) is 2.93. The highest BCUT2D eigenvalue weighted by atomic mass is 16.3. The van der Waals surface area contributed by atoms with Gasteiger partial charge in [0.1, 0.15) is 11.5 Å². The van der Waals surface area contributed by atoms with Crippen molar-refractivity contribution in [2.75, 3.05) is 20.1 Å². The highest BCUT2D eigenvalue weighted by molar-refractivity contribution is 5.14. The number of likely N-dealkylation sites (N-methyl/N-ethyl adjacent to an activating group) is 1. The standard InChI is InChI=1S/C19H26N2O/c1-16-10-11-19(22-16)15-21-12-6-9-18(14-21)20(2)13-17-7-4-3-5-8-17/h3-5,7-8,10-11,18H,6,9,12-15H2,1-2H3/t18-/m1/s1. The molecule has 0 spiro atoms. The summed E-state index contributed by atoms with van der Waals surface area (Å²) < 4.78 is 5.72. The molecule has 0 aliphatic carbocycles. The van der Waals surface area contributed by atoms with Crippen LogP contribution in [0.3, 0.4) is 0 Å². The zero-order chi connectivity index (χ0) is 15.4. The van der Waals surface area contributed by atoms with Crippen LogP contribution in [0.4, 0.5) is 0 Å². The van der Waals surface area contributed by atoms with E-state index in [9.17, 15) is 0 Å². The maximum Gasteiger partial charge on any atom is 0.118 e. The van der Waals surface area contributed by atoms with E-state index in [1.165, 1.54) is 24.9 Å². The summed E-state index contributed by atoms with van der Waals surface area (Å²) >= 11 is 0. The Bertz CT molecular complexity index is 578. The highest BCUT2D eigenvalue weighted by Crippen LogP contribution is 2.19. The molecule has 2 heterocycles. The third-order valence-electron chi connectivity index (χ3n) is 4.55. The zero-order valence-corrected chi connectivity index (χ0v) is 13.7. The second kappa shape index (κ2) is 7.12. The van der Waals surface area contributed by atoms with Gasteiger partial charge in [0.25, 0.3) is 0 Å². The van der Waals surface area contributed by atoms with Crippen LogP contribution in [0.2, 0.25) is 0 Å². The van der Waals surface area contributed by atoms with Crippen LogP contribution in [-0.4, -0.2) is 36.0 Å². The summed E-state index contributed by atoms with van der Waals surface area (Å²) in [5, 5.41) is 0. The summed E-state index contributed by atoms with van der Waals surface area (Å²) in [5.41, 5.74) is 1.39. The molecule has 118 valence electrons. The predicted molar refractivity (Wildman–Crippen MR) is 89.7 cm³/mol. The number of furan rings is 1. The van der Waals surface area contributed by atoms with Crippen LogP contribution in [0.15, 0.2) is 46.9 Å². The summed E-state index contributed by atoms with van der Waals surface area (Å²) in [6, 6.07) is 15.5. The van der Waals surface area contributed by atoms with Crippen LogP contribution in [0.5, 0.6) is 0 Å². The number of piperidine rings is 1. The smallest absolute Gasteiger partial charge is 0.118 e. The molecule has 1 aliphatic rings. The fourth-order valence-corrected chi connectivity index (χ4v) is 3.33. The van der Waals surface area contributed by atoms with Crippen LogP contribution < -0.4 is 0 Å². The van der Waals surface area contributed by atoms with Crippen LogP contribution in [-0.2, 0) is 13.1 Å². The second-order valence-electron chi connectivity index (χ2n) is 6.44. The molecular formula is C19H26N2O. The van der Waals surface area contributed by atoms with Gasteiger partial charge in [-0.1, -0.05) is 30.3 Å². The molecule has 0 saturated carbocycles. The van der Waals surface area contributed by atoms with Crippen LogP contribution in [0.1, 0.15) is 29.9 Å². The molecule has 1 fully saturated rings. The van der Waals surface area contributed by atoms with E-state index in [2.05, 4.69) is 59.3 Å². The van der Waals surface area contributed by atoms with E-state index in [-0.39, 0.29) is 0 Å². The van der Waals surface area contributed by atoms with E-state index < -0.39 is 0 Å². The Balaban J connectivity index is 1.55. The molecular weight excluding hydrogens is 272 g/mol. The largest absolute Gasteiger partial charge is 0.465 e. The molecule has 0 amide bonds. The lowest BCUT2D eigenvalue weighted by Gasteiger charge is -2.37. The molecule has 3 heteroatoms. The van der Waals surface area contributed by atoms with Crippen LogP contribution in [0, 0.1) is 6.92 Å². The third kappa shape index (κ3) is 3.99. The summed E-state index contributed by atoms with van der Waals surface area (Å²) in [5.74, 6) is 2.09. The lowest BCUT2D eigenvalue weighted by molar-refractivity contribution is 0.102. The Hall–Kier alpha value is -1.58. The van der Waals surface area contributed by atoms with E-state index in [1.54, 1.807) is 0 Å². The number of nitrogens with zero attached hydrogens (tertiary/aromatic N) is 2. The first-order valence-corrected chi connectivity index (χ1v) is 8.22. The molecule has 0 radical (unpaired) electrons. The van der Waals surface area contributed by atoms with Gasteiger partial charge in [0.05, 0.1) is 6.54 Å². The first-order chi connectivity index (χ1) is 10.7. The zero-order valence-electron chi connectivity index (χ0n) is 13.7. The van der Waals surface area contributed by atoms with Crippen LogP contribution >= 0.6 is 0 Å². The maximum absolute atomic E-state index is 5.72. The first-order valence-electron chi connectivity index (χ1n) is 8.22. The Morgan fingerprint density at radius 3 is 2.73 bits per heavy atom. The van der Waals surface area contributed by atoms with Crippen molar-refractivity contribution in [1.82, 2.24) is 9.80 Å². The maximum atomic E-state index is 5.72. The molecule has 3 rings (SSSR count). The summed E-state index contributed by atoms with van der Waals surface area (Å²) in [4.78, 5) is 5.02. The Morgan fingerprint density at radius 1 is 1.18 bits per heavy atom. The van der Waals surface area contributed by atoms with E-state index in [4.69, 9.17) is 4.42 Å². The Morgan fingerprint density at radius 2 is 2.00 bits per heavy atom. The van der Waals surface area contributed by atoms with Crippen molar-refractivity contribution < 1.29 is 4.42 Å². The summed E-state index contributed by atoms with van der Waals surface area (Å²) in [6.45, 7) is 6.28. The topological polar surface area (TPSA) is 19.6 Å². The quantitative estimate of drug-likeness (QED) is 0.839. The van der Waals surface area contributed by atoms with Gasteiger partial charge < -0.3 is 4.42 Å². The fourth-order valence-electron chi connectivity index (χ4n) is 3.33. The van der Waals surface area contributed by atoms with Crippen molar-refractivity contribution in [3.63, 3.8) is 0 Å². The molecule has 1 aromatic heterocycles. The molecule has 0 N–H and O–H groups in total. The molecule has 22 heavy (non-hydrogen) atoms. The highest BCUT2D eigenvalue weighted by Gasteiger charge is 2.23. The Labute approximate surface area is 133 Å². The number of aryl methyl sites for hydroxylation is 1. The third-order valence-corrected chi connectivity index (χ3v) is 4.55. The second-order valence-corrected chi connectivity index (χ2v) is 6.44. The van der Waals surface area contributed by atoms with Crippen molar-refractivity contribution in [2.45, 2.75) is 38.9 Å². The van der Waals surface area contributed by atoms with E-state index in [0.717, 1.165) is 31.2 Å². The van der Waals surface area contributed by atoms with Crippen molar-refractivity contribution >= 4 is 0 Å². The van der Waals surface area contributed by atoms with Gasteiger partial charge in [-0.3, -0.25) is 9.80 Å². The number of benzene rings is 1. The lowest BCUT2D eigenvalue weighted by atomic mass is 10.0. The van der Waals surface area contributed by atoms with Gasteiger partial charge in [-0.15, -0.1) is 0 Å². The summed E-state index contributed by atoms with van der Waals surface area (Å²) in [6.07, 6.45) is 2.56. The first kappa shape index (κ1) is 15.3. The fraction of sp³-hybridized carbons (Fsp3) is 0.474. The van der Waals surface area contributed by atoms with E-state index in [1.807, 2.05) is 6.92 Å². The molecule has 3 nitrogen and oxygen atoms in total. The SMILES string of the molecule is Cc1ccc(CN2CCC[C@@H](N(C)Cc3ccccc3)C2)o1. The van der Waals surface area contributed by atoms with Crippen molar-refractivity contribution in [3.05, 3.63) is 59.5 Å².